The molecule has 0 spiro atoms. The van der Waals surface area contributed by atoms with Gasteiger partial charge in [0.2, 0.25) is 0 Å². The molecule has 6 aromatic rings. The Kier molecular flexibility index (Phi) is 6.21. The van der Waals surface area contributed by atoms with Crippen LogP contribution in [-0.4, -0.2) is 36.0 Å². The largest absolute Gasteiger partial charge is 0.457 e. The molecule has 2 aromatic carbocycles. The normalized spacial score (nSPS) is 11.2. The van der Waals surface area contributed by atoms with Crippen molar-refractivity contribution in [3.63, 3.8) is 0 Å². The molecule has 3 N–H and O–H groups in total. The van der Waals surface area contributed by atoms with Gasteiger partial charge in [-0.1, -0.05) is 0 Å². The number of rotatable bonds is 7. The first-order valence-electron chi connectivity index (χ1n) is 12.3. The zero-order valence-corrected chi connectivity index (χ0v) is 21.1. The van der Waals surface area contributed by atoms with E-state index >= 15 is 0 Å². The predicted octanol–water partition coefficient (Wildman–Crippen LogP) is 6.49. The number of ether oxygens (including phenoxy) is 1. The predicted molar refractivity (Wildman–Crippen MR) is 147 cm³/mol. The molecular formula is C28H24N8O3. The highest BCUT2D eigenvalue weighted by molar-refractivity contribution is 6.02. The number of carbonyl (C=O) groups excluding carboxylic acids is 1. The minimum Gasteiger partial charge on any atom is -0.457 e. The monoisotopic (exact) mass is 520 g/mol. The molecule has 4 aromatic heterocycles. The summed E-state index contributed by atoms with van der Waals surface area (Å²) in [5.41, 5.74) is 5.66. The van der Waals surface area contributed by atoms with Crippen LogP contribution in [-0.2, 0) is 0 Å². The number of oxazole rings is 1. The summed E-state index contributed by atoms with van der Waals surface area (Å²) in [6, 6.07) is 16.0. The quantitative estimate of drug-likeness (QED) is 0.219. The van der Waals surface area contributed by atoms with Gasteiger partial charge in [-0.2, -0.15) is 10.2 Å². The number of nitrogens with one attached hydrogen (secondary N) is 3. The van der Waals surface area contributed by atoms with Gasteiger partial charge in [0, 0.05) is 47.5 Å². The van der Waals surface area contributed by atoms with E-state index < -0.39 is 6.03 Å². The molecule has 39 heavy (non-hydrogen) atoms. The maximum absolute atomic E-state index is 12.9. The summed E-state index contributed by atoms with van der Waals surface area (Å²) in [6.07, 6.45) is 8.36. The number of pyridine rings is 1. The Balaban J connectivity index is 1.15. The number of urea groups is 1. The Labute approximate surface area is 222 Å². The Morgan fingerprint density at radius 1 is 1.00 bits per heavy atom. The van der Waals surface area contributed by atoms with Crippen LogP contribution in [0.15, 0.2) is 90.2 Å². The molecule has 0 aliphatic rings. The molecule has 194 valence electrons. The highest BCUT2D eigenvalue weighted by Crippen LogP contribution is 2.31. The first kappa shape index (κ1) is 23.9. The van der Waals surface area contributed by atoms with Crippen molar-refractivity contribution in [1.82, 2.24) is 29.9 Å². The Bertz CT molecular complexity index is 1740. The lowest BCUT2D eigenvalue weighted by atomic mass is 10.1. The number of H-pyrrole nitrogens is 1. The number of aromatic amines is 1. The lowest BCUT2D eigenvalue weighted by Crippen LogP contribution is -2.19. The van der Waals surface area contributed by atoms with Gasteiger partial charge in [0.05, 0.1) is 17.6 Å². The van der Waals surface area contributed by atoms with Crippen LogP contribution in [0.1, 0.15) is 19.9 Å². The molecule has 11 heteroatoms. The lowest BCUT2D eigenvalue weighted by Gasteiger charge is -2.10. The van der Waals surface area contributed by atoms with Gasteiger partial charge in [0.15, 0.2) is 12.0 Å². The number of benzene rings is 2. The second-order valence-electron chi connectivity index (χ2n) is 9.07. The summed E-state index contributed by atoms with van der Waals surface area (Å²) in [7, 11) is 0. The molecule has 0 unspecified atom stereocenters. The molecule has 0 fully saturated rings. The molecule has 2 amide bonds. The number of amides is 2. The Morgan fingerprint density at radius 2 is 1.87 bits per heavy atom. The number of aromatic nitrogens is 6. The maximum atomic E-state index is 12.9. The summed E-state index contributed by atoms with van der Waals surface area (Å²) < 4.78 is 13.1. The number of anilines is 2. The van der Waals surface area contributed by atoms with Gasteiger partial charge in [-0.15, -0.1) is 0 Å². The van der Waals surface area contributed by atoms with Crippen LogP contribution >= 0.6 is 0 Å². The first-order valence-corrected chi connectivity index (χ1v) is 12.3. The standard InChI is InChI=1S/C28H24N8O3/c1-17(2)36-15-25(27(35-36)18-3-8-26-24(11-18)30-16-38-26)34-28(37)33-20-4-6-21(7-5-20)39-22-9-10-29-23(12-22)19-13-31-32-14-19/h3-17H,1-2H3,(H,31,32)(H2,33,34,37). The molecule has 0 saturated carbocycles. The zero-order valence-electron chi connectivity index (χ0n) is 21.1. The van der Waals surface area contributed by atoms with Gasteiger partial charge in [0.1, 0.15) is 22.7 Å². The Hall–Kier alpha value is -5.45. The maximum Gasteiger partial charge on any atom is 0.323 e. The van der Waals surface area contributed by atoms with Crippen molar-refractivity contribution in [3.05, 3.63) is 85.8 Å². The first-order chi connectivity index (χ1) is 19.0. The van der Waals surface area contributed by atoms with E-state index in [2.05, 4.69) is 30.8 Å². The molecule has 0 bridgehead atoms. The zero-order chi connectivity index (χ0) is 26.8. The second kappa shape index (κ2) is 10.1. The van der Waals surface area contributed by atoms with E-state index in [1.165, 1.54) is 6.39 Å². The number of nitrogens with zero attached hydrogens (tertiary/aromatic N) is 5. The second-order valence-corrected chi connectivity index (χ2v) is 9.07. The minimum absolute atomic E-state index is 0.113. The SMILES string of the molecule is CC(C)n1cc(NC(=O)Nc2ccc(Oc3ccnc(-c4cn[nH]c4)c3)cc2)c(-c2ccc3ocnc3c2)n1. The van der Waals surface area contributed by atoms with Gasteiger partial charge >= 0.3 is 6.03 Å². The van der Waals surface area contributed by atoms with Crippen molar-refractivity contribution in [2.75, 3.05) is 10.6 Å². The fourth-order valence-electron chi connectivity index (χ4n) is 4.02. The summed E-state index contributed by atoms with van der Waals surface area (Å²) in [6.45, 7) is 4.05. The van der Waals surface area contributed by atoms with E-state index in [0.29, 0.717) is 39.7 Å². The van der Waals surface area contributed by atoms with Crippen molar-refractivity contribution >= 4 is 28.5 Å². The molecule has 0 saturated heterocycles. The number of hydrogen-bond donors (Lipinski definition) is 3. The van der Waals surface area contributed by atoms with Crippen LogP contribution < -0.4 is 15.4 Å². The van der Waals surface area contributed by atoms with Gasteiger partial charge in [-0.05, 0) is 62.4 Å². The third kappa shape index (κ3) is 5.18. The summed E-state index contributed by atoms with van der Waals surface area (Å²) in [4.78, 5) is 21.5. The van der Waals surface area contributed by atoms with Gasteiger partial charge in [-0.25, -0.2) is 9.78 Å². The topological polar surface area (TPSA) is 136 Å². The van der Waals surface area contributed by atoms with Crippen LogP contribution in [0.4, 0.5) is 16.2 Å². The lowest BCUT2D eigenvalue weighted by molar-refractivity contribution is 0.262. The van der Waals surface area contributed by atoms with Crippen molar-refractivity contribution in [2.24, 2.45) is 0 Å². The molecule has 0 atom stereocenters. The molecule has 6 rings (SSSR count). The van der Waals surface area contributed by atoms with Gasteiger partial charge in [-0.3, -0.25) is 14.8 Å². The summed E-state index contributed by atoms with van der Waals surface area (Å²) in [5.74, 6) is 1.26. The highest BCUT2D eigenvalue weighted by Gasteiger charge is 2.16. The van der Waals surface area contributed by atoms with Crippen LogP contribution in [0.5, 0.6) is 11.5 Å². The molecule has 0 aliphatic heterocycles. The average molecular weight is 521 g/mol. The van der Waals surface area contributed by atoms with E-state index in [9.17, 15) is 4.79 Å². The average Bonchev–Trinajstić information content (AvgIpc) is 3.71. The molecule has 11 nitrogen and oxygen atoms in total. The van der Waals surface area contributed by atoms with Crippen molar-refractivity contribution in [1.29, 1.82) is 0 Å². The molecular weight excluding hydrogens is 496 g/mol. The fourth-order valence-corrected chi connectivity index (χ4v) is 4.02. The summed E-state index contributed by atoms with van der Waals surface area (Å²) in [5, 5.41) is 17.2. The van der Waals surface area contributed by atoms with E-state index in [1.54, 1.807) is 53.6 Å². The number of fused-ring (bicyclic) bond motifs is 1. The van der Waals surface area contributed by atoms with E-state index in [4.69, 9.17) is 14.3 Å². The minimum atomic E-state index is -0.394. The summed E-state index contributed by atoms with van der Waals surface area (Å²) >= 11 is 0. The molecule has 4 heterocycles. The fraction of sp³-hybridized carbons (Fsp3) is 0.107. The third-order valence-corrected chi connectivity index (χ3v) is 5.99. The number of hydrogen-bond acceptors (Lipinski definition) is 7. The van der Waals surface area contributed by atoms with Crippen LogP contribution in [0.2, 0.25) is 0 Å². The van der Waals surface area contributed by atoms with Gasteiger partial charge in [0.25, 0.3) is 0 Å². The van der Waals surface area contributed by atoms with E-state index in [1.807, 2.05) is 44.3 Å². The van der Waals surface area contributed by atoms with Gasteiger partial charge < -0.3 is 19.8 Å². The molecule has 0 aliphatic carbocycles. The number of carbonyl (C=O) groups is 1. The van der Waals surface area contributed by atoms with E-state index in [-0.39, 0.29) is 6.04 Å². The smallest absolute Gasteiger partial charge is 0.323 e. The van der Waals surface area contributed by atoms with Crippen LogP contribution in [0.25, 0.3) is 33.6 Å². The van der Waals surface area contributed by atoms with Crippen molar-refractivity contribution < 1.29 is 13.9 Å². The highest BCUT2D eigenvalue weighted by atomic mass is 16.5. The van der Waals surface area contributed by atoms with Crippen molar-refractivity contribution in [3.8, 4) is 34.0 Å². The third-order valence-electron chi connectivity index (χ3n) is 5.99. The van der Waals surface area contributed by atoms with Crippen molar-refractivity contribution in [2.45, 2.75) is 19.9 Å². The van der Waals surface area contributed by atoms with Crippen LogP contribution in [0, 0.1) is 0 Å². The Morgan fingerprint density at radius 3 is 2.67 bits per heavy atom. The molecule has 0 radical (unpaired) electrons. The van der Waals surface area contributed by atoms with Crippen LogP contribution in [0.3, 0.4) is 0 Å². The van der Waals surface area contributed by atoms with E-state index in [0.717, 1.165) is 16.8 Å².